The molecule has 3 heterocycles. The molecule has 2 aromatic heterocycles. The Morgan fingerprint density at radius 1 is 1.34 bits per heavy atom. The number of carbonyl (C=O) groups is 1. The summed E-state index contributed by atoms with van der Waals surface area (Å²) in [5.41, 5.74) is 1.49. The standard InChI is InChI=1S/C23H26F2N4O3/c1-14-21(22(30)28-19-9-10-26-13-23(19,24)25)17-11-16(7-8-18(17)32-14)31-12-15-5-4-6-20(27-15)29(2)3/h4-8,11,19,26H,9-10,12-13H2,1-3H3,(H,28,30). The van der Waals surface area contributed by atoms with Gasteiger partial charge in [0.1, 0.15) is 29.5 Å². The van der Waals surface area contributed by atoms with Crippen LogP contribution in [-0.4, -0.2) is 50.0 Å². The van der Waals surface area contributed by atoms with Crippen LogP contribution in [0.5, 0.6) is 5.75 Å². The molecule has 9 heteroatoms. The number of ether oxygens (including phenoxy) is 1. The highest BCUT2D eigenvalue weighted by atomic mass is 19.3. The normalized spacial score (nSPS) is 17.8. The summed E-state index contributed by atoms with van der Waals surface area (Å²) >= 11 is 0. The molecule has 0 bridgehead atoms. The van der Waals surface area contributed by atoms with Gasteiger partial charge in [-0.15, -0.1) is 0 Å². The molecule has 1 unspecified atom stereocenters. The number of benzene rings is 1. The van der Waals surface area contributed by atoms with Crippen molar-refractivity contribution in [2.45, 2.75) is 31.9 Å². The predicted molar refractivity (Wildman–Crippen MR) is 118 cm³/mol. The van der Waals surface area contributed by atoms with Crippen LogP contribution in [0.25, 0.3) is 11.0 Å². The maximum absolute atomic E-state index is 14.2. The topological polar surface area (TPSA) is 79.6 Å². The number of piperidine rings is 1. The molecule has 1 aliphatic heterocycles. The summed E-state index contributed by atoms with van der Waals surface area (Å²) in [6.45, 7) is 1.86. The van der Waals surface area contributed by atoms with Crippen molar-refractivity contribution in [3.63, 3.8) is 0 Å². The van der Waals surface area contributed by atoms with E-state index in [0.717, 1.165) is 11.5 Å². The number of carbonyl (C=O) groups excluding carboxylic acids is 1. The van der Waals surface area contributed by atoms with Gasteiger partial charge in [-0.2, -0.15) is 0 Å². The van der Waals surface area contributed by atoms with Gasteiger partial charge in [0.25, 0.3) is 11.8 Å². The molecular formula is C23H26F2N4O3. The van der Waals surface area contributed by atoms with Gasteiger partial charge in [0.15, 0.2) is 0 Å². The minimum atomic E-state index is -3.01. The molecule has 3 aromatic rings. The van der Waals surface area contributed by atoms with Gasteiger partial charge in [-0.25, -0.2) is 13.8 Å². The Bertz CT molecular complexity index is 1130. The van der Waals surface area contributed by atoms with Gasteiger partial charge in [0, 0.05) is 19.5 Å². The zero-order valence-corrected chi connectivity index (χ0v) is 18.2. The van der Waals surface area contributed by atoms with Crippen LogP contribution >= 0.6 is 0 Å². The van der Waals surface area contributed by atoms with E-state index in [0.29, 0.717) is 29.0 Å². The molecule has 7 nitrogen and oxygen atoms in total. The number of hydrogen-bond acceptors (Lipinski definition) is 6. The first-order chi connectivity index (χ1) is 15.2. The van der Waals surface area contributed by atoms with Crippen LogP contribution < -0.4 is 20.3 Å². The number of alkyl halides is 2. The van der Waals surface area contributed by atoms with Crippen LogP contribution in [0.4, 0.5) is 14.6 Å². The second kappa shape index (κ2) is 8.74. The molecule has 0 saturated carbocycles. The van der Waals surface area contributed by atoms with E-state index in [4.69, 9.17) is 9.15 Å². The van der Waals surface area contributed by atoms with Crippen LogP contribution in [0.2, 0.25) is 0 Å². The first-order valence-corrected chi connectivity index (χ1v) is 10.4. The van der Waals surface area contributed by atoms with Gasteiger partial charge in [-0.1, -0.05) is 6.07 Å². The van der Waals surface area contributed by atoms with Gasteiger partial charge >= 0.3 is 0 Å². The second-order valence-electron chi connectivity index (χ2n) is 8.11. The first kappa shape index (κ1) is 22.0. The number of nitrogens with zero attached hydrogens (tertiary/aromatic N) is 2. The molecule has 4 rings (SSSR count). The van der Waals surface area contributed by atoms with Crippen molar-refractivity contribution in [3.05, 3.63) is 53.4 Å². The molecule has 0 aliphatic carbocycles. The van der Waals surface area contributed by atoms with Gasteiger partial charge in [0.05, 0.1) is 23.8 Å². The number of amides is 1. The van der Waals surface area contributed by atoms with Gasteiger partial charge in [-0.05, 0) is 50.2 Å². The summed E-state index contributed by atoms with van der Waals surface area (Å²) in [6.07, 6.45) is 0.154. The average molecular weight is 444 g/mol. The number of anilines is 1. The third kappa shape index (κ3) is 4.52. The highest BCUT2D eigenvalue weighted by molar-refractivity contribution is 6.07. The molecule has 1 saturated heterocycles. The van der Waals surface area contributed by atoms with Crippen molar-refractivity contribution < 1.29 is 22.7 Å². The molecule has 170 valence electrons. The van der Waals surface area contributed by atoms with Gasteiger partial charge in [-0.3, -0.25) is 4.79 Å². The quantitative estimate of drug-likeness (QED) is 0.606. The Morgan fingerprint density at radius 2 is 2.16 bits per heavy atom. The van der Waals surface area contributed by atoms with E-state index in [2.05, 4.69) is 15.6 Å². The van der Waals surface area contributed by atoms with Gasteiger partial charge < -0.3 is 24.7 Å². The summed E-state index contributed by atoms with van der Waals surface area (Å²) in [5, 5.41) is 5.67. The number of pyridine rings is 1. The Hall–Kier alpha value is -3.20. The van der Waals surface area contributed by atoms with Crippen molar-refractivity contribution in [1.29, 1.82) is 0 Å². The molecule has 32 heavy (non-hydrogen) atoms. The van der Waals surface area contributed by atoms with Crippen molar-refractivity contribution in [3.8, 4) is 5.75 Å². The average Bonchev–Trinajstić information content (AvgIpc) is 3.09. The zero-order valence-electron chi connectivity index (χ0n) is 18.2. The SMILES string of the molecule is Cc1oc2ccc(OCc3cccc(N(C)C)n3)cc2c1C(=O)NC1CCNCC1(F)F. The molecule has 1 amide bonds. The number of furan rings is 1. The van der Waals surface area contributed by atoms with Crippen LogP contribution in [0.1, 0.15) is 28.2 Å². The minimum Gasteiger partial charge on any atom is -0.487 e. The number of aryl methyl sites for hydroxylation is 1. The molecule has 1 aliphatic rings. The smallest absolute Gasteiger partial charge is 0.280 e. The number of nitrogens with one attached hydrogen (secondary N) is 2. The maximum atomic E-state index is 14.2. The fraction of sp³-hybridized carbons (Fsp3) is 0.391. The maximum Gasteiger partial charge on any atom is 0.280 e. The number of fused-ring (bicyclic) bond motifs is 1. The molecule has 0 radical (unpaired) electrons. The lowest BCUT2D eigenvalue weighted by molar-refractivity contribution is -0.0487. The fourth-order valence-electron chi connectivity index (χ4n) is 3.77. The lowest BCUT2D eigenvalue weighted by atomic mass is 10.0. The number of rotatable bonds is 6. The van der Waals surface area contributed by atoms with Crippen LogP contribution in [0.15, 0.2) is 40.8 Å². The third-order valence-electron chi connectivity index (χ3n) is 5.49. The van der Waals surface area contributed by atoms with Crippen molar-refractivity contribution in [2.75, 3.05) is 32.1 Å². The van der Waals surface area contributed by atoms with E-state index in [9.17, 15) is 13.6 Å². The van der Waals surface area contributed by atoms with Gasteiger partial charge in [0.2, 0.25) is 0 Å². The van der Waals surface area contributed by atoms with Crippen LogP contribution in [0.3, 0.4) is 0 Å². The summed E-state index contributed by atoms with van der Waals surface area (Å²) in [6, 6.07) is 9.59. The molecular weight excluding hydrogens is 418 g/mol. The number of hydrogen-bond donors (Lipinski definition) is 2. The largest absolute Gasteiger partial charge is 0.487 e. The molecule has 1 atom stereocenters. The Kier molecular flexibility index (Phi) is 6.01. The van der Waals surface area contributed by atoms with Crippen LogP contribution in [-0.2, 0) is 6.61 Å². The molecule has 0 spiro atoms. The molecule has 1 aromatic carbocycles. The van der Waals surface area contributed by atoms with Crippen LogP contribution in [0, 0.1) is 6.92 Å². The van der Waals surface area contributed by atoms with E-state index in [1.807, 2.05) is 37.2 Å². The monoisotopic (exact) mass is 444 g/mol. The van der Waals surface area contributed by atoms with E-state index in [1.165, 1.54) is 0 Å². The Labute approximate surface area is 184 Å². The van der Waals surface area contributed by atoms with Crippen molar-refractivity contribution >= 4 is 22.7 Å². The second-order valence-corrected chi connectivity index (χ2v) is 8.11. The molecule has 2 N–H and O–H groups in total. The fourth-order valence-corrected chi connectivity index (χ4v) is 3.77. The highest BCUT2D eigenvalue weighted by Crippen LogP contribution is 2.30. The number of halogens is 2. The van der Waals surface area contributed by atoms with E-state index in [1.54, 1.807) is 25.1 Å². The summed E-state index contributed by atoms with van der Waals surface area (Å²) < 4.78 is 39.9. The highest BCUT2D eigenvalue weighted by Gasteiger charge is 2.42. The summed E-state index contributed by atoms with van der Waals surface area (Å²) in [7, 11) is 3.82. The van der Waals surface area contributed by atoms with E-state index in [-0.39, 0.29) is 18.6 Å². The predicted octanol–water partition coefficient (Wildman–Crippen LogP) is 3.51. The Morgan fingerprint density at radius 3 is 2.91 bits per heavy atom. The summed E-state index contributed by atoms with van der Waals surface area (Å²) in [4.78, 5) is 19.3. The first-order valence-electron chi connectivity index (χ1n) is 10.4. The lowest BCUT2D eigenvalue weighted by Crippen LogP contribution is -2.57. The summed E-state index contributed by atoms with van der Waals surface area (Å²) in [5.74, 6) is -1.88. The van der Waals surface area contributed by atoms with E-state index >= 15 is 0 Å². The molecule has 1 fully saturated rings. The third-order valence-corrected chi connectivity index (χ3v) is 5.49. The van der Waals surface area contributed by atoms with Crippen molar-refractivity contribution in [1.82, 2.24) is 15.6 Å². The van der Waals surface area contributed by atoms with Crippen molar-refractivity contribution in [2.24, 2.45) is 0 Å². The lowest BCUT2D eigenvalue weighted by Gasteiger charge is -2.32. The zero-order chi connectivity index (χ0) is 22.9. The van der Waals surface area contributed by atoms with E-state index < -0.39 is 24.4 Å². The number of aromatic nitrogens is 1. The Balaban J connectivity index is 1.54. The minimum absolute atomic E-state index is 0.154.